The number of nitrogens with zero attached hydrogens (tertiary/aromatic N) is 4. The maximum absolute atomic E-state index is 14.6. The van der Waals surface area contributed by atoms with Crippen molar-refractivity contribution in [1.82, 2.24) is 14.9 Å². The maximum Gasteiger partial charge on any atom is 0.324 e. The summed E-state index contributed by atoms with van der Waals surface area (Å²) in [6.45, 7) is 2.75. The first-order valence-electron chi connectivity index (χ1n) is 10.2. The van der Waals surface area contributed by atoms with Crippen LogP contribution in [-0.4, -0.2) is 69.5 Å². The zero-order chi connectivity index (χ0) is 22.8. The van der Waals surface area contributed by atoms with Crippen molar-refractivity contribution >= 4 is 50.1 Å². The summed E-state index contributed by atoms with van der Waals surface area (Å²) in [5.41, 5.74) is 1.24. The molecule has 1 saturated heterocycles. The molecule has 4 rings (SSSR count). The fraction of sp³-hybridized carbons (Fsp3) is 0.381. The van der Waals surface area contributed by atoms with Gasteiger partial charge in [-0.1, -0.05) is 22.9 Å². The van der Waals surface area contributed by atoms with Gasteiger partial charge in [-0.15, -0.1) is 0 Å². The molecule has 8 nitrogen and oxygen atoms in total. The van der Waals surface area contributed by atoms with E-state index in [4.69, 9.17) is 16.7 Å². The number of pyridine rings is 1. The molecule has 1 aliphatic heterocycles. The number of nitrogens with one attached hydrogen (secondary N) is 1. The van der Waals surface area contributed by atoms with E-state index in [2.05, 4.69) is 15.3 Å². The Morgan fingerprint density at radius 2 is 2.22 bits per heavy atom. The minimum Gasteiger partial charge on any atom is -0.394 e. The van der Waals surface area contributed by atoms with E-state index < -0.39 is 18.5 Å². The van der Waals surface area contributed by atoms with E-state index in [-0.39, 0.29) is 24.3 Å². The van der Waals surface area contributed by atoms with Crippen molar-refractivity contribution in [2.75, 3.05) is 36.5 Å². The zero-order valence-corrected chi connectivity index (χ0v) is 18.9. The Kier molecular flexibility index (Phi) is 6.75. The fourth-order valence-corrected chi connectivity index (χ4v) is 4.72. The number of fused-ring (bicyclic) bond motifs is 1. The van der Waals surface area contributed by atoms with Crippen LogP contribution in [0, 0.1) is 5.82 Å². The number of aliphatic hydroxyl groups excluding tert-OH is 2. The predicted octanol–water partition coefficient (Wildman–Crippen LogP) is 3.12. The Labute approximate surface area is 193 Å². The van der Waals surface area contributed by atoms with Crippen LogP contribution in [0.15, 0.2) is 30.5 Å². The number of thiazole rings is 1. The van der Waals surface area contributed by atoms with Crippen molar-refractivity contribution in [1.29, 1.82) is 0 Å². The second-order valence-electron chi connectivity index (χ2n) is 7.74. The average molecular weight is 480 g/mol. The molecule has 3 aromatic rings. The number of hydrogen-bond acceptors (Lipinski definition) is 7. The smallest absolute Gasteiger partial charge is 0.324 e. The standard InChI is InChI=1S/C21H23ClFN5O3S/c1-12-10-27(19-16(23)7-13(9-24-19)6-15(30)11-29)4-5-28(12)21(31)26-20-25-17-8-14(22)2-3-18(17)32-20/h2-3,7-9,12,15,29-30H,4-6,10-11H2,1H3,(H,25,26,31)/t12-,15-/m0/s1. The van der Waals surface area contributed by atoms with E-state index in [1.165, 1.54) is 23.6 Å². The lowest BCUT2D eigenvalue weighted by Gasteiger charge is -2.40. The first-order chi connectivity index (χ1) is 15.3. The van der Waals surface area contributed by atoms with Crippen LogP contribution in [0.2, 0.25) is 5.02 Å². The van der Waals surface area contributed by atoms with Gasteiger partial charge in [0.05, 0.1) is 22.9 Å². The van der Waals surface area contributed by atoms with Crippen LogP contribution in [0.4, 0.5) is 20.1 Å². The number of carbonyl (C=O) groups excluding carboxylic acids is 1. The Morgan fingerprint density at radius 1 is 1.41 bits per heavy atom. The lowest BCUT2D eigenvalue weighted by molar-refractivity contribution is 0.0954. The van der Waals surface area contributed by atoms with Crippen LogP contribution < -0.4 is 10.2 Å². The second-order valence-corrected chi connectivity index (χ2v) is 9.21. The number of rotatable bonds is 5. The molecule has 2 atom stereocenters. The molecule has 0 aliphatic carbocycles. The van der Waals surface area contributed by atoms with Gasteiger partial charge in [-0.3, -0.25) is 5.32 Å². The number of hydrogen-bond donors (Lipinski definition) is 3. The van der Waals surface area contributed by atoms with Gasteiger partial charge >= 0.3 is 6.03 Å². The first-order valence-corrected chi connectivity index (χ1v) is 11.4. The molecule has 0 unspecified atom stereocenters. The SMILES string of the molecule is C[C@H]1CN(c2ncc(C[C@H](O)CO)cc2F)CCN1C(=O)Nc1nc2cc(Cl)ccc2s1. The summed E-state index contributed by atoms with van der Waals surface area (Å²) in [7, 11) is 0. The number of amides is 2. The molecule has 0 bridgehead atoms. The van der Waals surface area contributed by atoms with Crippen molar-refractivity contribution in [3.05, 3.63) is 46.9 Å². The van der Waals surface area contributed by atoms with Crippen molar-refractivity contribution in [3.8, 4) is 0 Å². The van der Waals surface area contributed by atoms with Crippen LogP contribution in [0.1, 0.15) is 12.5 Å². The zero-order valence-electron chi connectivity index (χ0n) is 17.3. The van der Waals surface area contributed by atoms with Crippen molar-refractivity contribution in [2.24, 2.45) is 0 Å². The molecule has 1 fully saturated rings. The fourth-order valence-electron chi connectivity index (χ4n) is 3.72. The lowest BCUT2D eigenvalue weighted by atomic mass is 10.1. The van der Waals surface area contributed by atoms with Crippen molar-refractivity contribution in [3.63, 3.8) is 0 Å². The Bertz CT molecular complexity index is 1130. The Morgan fingerprint density at radius 3 is 2.94 bits per heavy atom. The highest BCUT2D eigenvalue weighted by atomic mass is 35.5. The molecule has 1 aromatic carbocycles. The highest BCUT2D eigenvalue weighted by molar-refractivity contribution is 7.22. The summed E-state index contributed by atoms with van der Waals surface area (Å²) < 4.78 is 15.6. The Balaban J connectivity index is 1.39. The van der Waals surface area contributed by atoms with Crippen LogP contribution in [0.3, 0.4) is 0 Å². The minimum atomic E-state index is -0.948. The van der Waals surface area contributed by atoms with E-state index in [0.29, 0.717) is 35.4 Å². The predicted molar refractivity (Wildman–Crippen MR) is 123 cm³/mol. The second kappa shape index (κ2) is 9.53. The number of halogens is 2. The molecule has 3 N–H and O–H groups in total. The molecule has 3 heterocycles. The number of aliphatic hydroxyl groups is 2. The van der Waals surface area contributed by atoms with Gasteiger partial charge < -0.3 is 20.0 Å². The first kappa shape index (κ1) is 22.7. The van der Waals surface area contributed by atoms with Gasteiger partial charge in [0.2, 0.25) is 0 Å². The Hall–Kier alpha value is -2.53. The third-order valence-corrected chi connectivity index (χ3v) is 6.50. The minimum absolute atomic E-state index is 0.128. The maximum atomic E-state index is 14.6. The molecule has 32 heavy (non-hydrogen) atoms. The summed E-state index contributed by atoms with van der Waals surface area (Å²) in [4.78, 5) is 24.9. The molecule has 2 amide bonds. The van der Waals surface area contributed by atoms with E-state index in [1.54, 1.807) is 21.9 Å². The van der Waals surface area contributed by atoms with Crippen molar-refractivity contribution in [2.45, 2.75) is 25.5 Å². The summed E-state index contributed by atoms with van der Waals surface area (Å²) in [6.07, 6.45) is 0.681. The molecular formula is C21H23ClFN5O3S. The van der Waals surface area contributed by atoms with Gasteiger partial charge in [0.25, 0.3) is 0 Å². The van der Waals surface area contributed by atoms with Gasteiger partial charge in [0.1, 0.15) is 0 Å². The number of anilines is 2. The molecule has 170 valence electrons. The molecule has 0 saturated carbocycles. The number of aromatic nitrogens is 2. The van der Waals surface area contributed by atoms with Crippen LogP contribution >= 0.6 is 22.9 Å². The average Bonchev–Trinajstić information content (AvgIpc) is 3.14. The highest BCUT2D eigenvalue weighted by Gasteiger charge is 2.30. The highest BCUT2D eigenvalue weighted by Crippen LogP contribution is 2.29. The van der Waals surface area contributed by atoms with E-state index in [0.717, 1.165) is 10.2 Å². The number of benzene rings is 1. The molecular weight excluding hydrogens is 457 g/mol. The number of piperazine rings is 1. The third-order valence-electron chi connectivity index (χ3n) is 5.31. The number of carbonyl (C=O) groups is 1. The molecule has 11 heteroatoms. The summed E-state index contributed by atoms with van der Waals surface area (Å²) in [5, 5.41) is 22.4. The van der Waals surface area contributed by atoms with E-state index in [9.17, 15) is 14.3 Å². The summed E-state index contributed by atoms with van der Waals surface area (Å²) >= 11 is 7.37. The topological polar surface area (TPSA) is 102 Å². The summed E-state index contributed by atoms with van der Waals surface area (Å²) in [6, 6.07) is 6.29. The van der Waals surface area contributed by atoms with E-state index in [1.807, 2.05) is 13.0 Å². The molecule has 2 aromatic heterocycles. The van der Waals surface area contributed by atoms with Gasteiger partial charge in [0, 0.05) is 43.3 Å². The van der Waals surface area contributed by atoms with E-state index >= 15 is 0 Å². The van der Waals surface area contributed by atoms with Gasteiger partial charge in [-0.05, 0) is 36.8 Å². The van der Waals surface area contributed by atoms with Gasteiger partial charge in [-0.2, -0.15) is 0 Å². The van der Waals surface area contributed by atoms with Crippen LogP contribution in [0.5, 0.6) is 0 Å². The normalized spacial score (nSPS) is 17.6. The molecule has 0 spiro atoms. The van der Waals surface area contributed by atoms with Crippen LogP contribution in [-0.2, 0) is 6.42 Å². The number of urea groups is 1. The van der Waals surface area contributed by atoms with Gasteiger partial charge in [0.15, 0.2) is 16.8 Å². The quantitative estimate of drug-likeness (QED) is 0.519. The molecule has 1 aliphatic rings. The van der Waals surface area contributed by atoms with Crippen molar-refractivity contribution < 1.29 is 19.4 Å². The summed E-state index contributed by atoms with van der Waals surface area (Å²) in [5.74, 6) is -0.284. The monoisotopic (exact) mass is 479 g/mol. The third kappa shape index (κ3) is 4.93. The largest absolute Gasteiger partial charge is 0.394 e. The van der Waals surface area contributed by atoms with Crippen LogP contribution in [0.25, 0.3) is 10.2 Å². The lowest BCUT2D eigenvalue weighted by Crippen LogP contribution is -2.55. The molecule has 0 radical (unpaired) electrons. The van der Waals surface area contributed by atoms with Gasteiger partial charge in [-0.25, -0.2) is 19.2 Å².